The monoisotopic (exact) mass is 344 g/mol. The van der Waals surface area contributed by atoms with Crippen molar-refractivity contribution in [2.45, 2.75) is 20.0 Å². The lowest BCUT2D eigenvalue weighted by Crippen LogP contribution is -2.36. The number of nitrogens with one attached hydrogen (secondary N) is 1. The molecule has 1 aliphatic rings. The van der Waals surface area contributed by atoms with E-state index in [1.165, 1.54) is 6.07 Å². The number of hydrogen-bond donors (Lipinski definition) is 1. The highest BCUT2D eigenvalue weighted by Crippen LogP contribution is 2.32. The van der Waals surface area contributed by atoms with E-state index in [0.29, 0.717) is 12.1 Å². The van der Waals surface area contributed by atoms with Gasteiger partial charge in [0.25, 0.3) is 0 Å². The third-order valence-electron chi connectivity index (χ3n) is 4.09. The van der Waals surface area contributed by atoms with Crippen LogP contribution in [-0.2, 0) is 17.9 Å². The Morgan fingerprint density at radius 1 is 1.20 bits per heavy atom. The summed E-state index contributed by atoms with van der Waals surface area (Å²) in [4.78, 5) is 14.2. The Labute approximate surface area is 146 Å². The molecule has 0 bridgehead atoms. The smallest absolute Gasteiger partial charge is 0.234 e. The van der Waals surface area contributed by atoms with Gasteiger partial charge in [0.05, 0.1) is 6.54 Å². The summed E-state index contributed by atoms with van der Waals surface area (Å²) >= 11 is 0. The zero-order chi connectivity index (χ0) is 17.6. The van der Waals surface area contributed by atoms with E-state index in [0.717, 1.165) is 23.6 Å². The first-order valence-corrected chi connectivity index (χ1v) is 8.26. The van der Waals surface area contributed by atoms with Crippen LogP contribution in [0.4, 0.5) is 4.39 Å². The van der Waals surface area contributed by atoms with Gasteiger partial charge < -0.3 is 14.8 Å². The maximum Gasteiger partial charge on any atom is 0.234 e. The number of amides is 1. The minimum Gasteiger partial charge on any atom is -0.454 e. The fraction of sp³-hybridized carbons (Fsp3) is 0.316. The lowest BCUT2D eigenvalue weighted by molar-refractivity contribution is -0.122. The molecule has 0 radical (unpaired) electrons. The highest BCUT2D eigenvalue weighted by Gasteiger charge is 2.15. The summed E-state index contributed by atoms with van der Waals surface area (Å²) < 4.78 is 24.3. The first-order chi connectivity index (χ1) is 12.2. The molecule has 0 aliphatic carbocycles. The van der Waals surface area contributed by atoms with Gasteiger partial charge in [-0.3, -0.25) is 9.69 Å². The van der Waals surface area contributed by atoms with Gasteiger partial charge in [-0.2, -0.15) is 0 Å². The van der Waals surface area contributed by atoms with Gasteiger partial charge in [-0.25, -0.2) is 4.39 Å². The molecule has 1 amide bonds. The SMILES string of the molecule is CCN(CC(=O)NCc1ccccc1F)Cc1ccc2c(c1)OCO2. The molecule has 0 saturated heterocycles. The van der Waals surface area contributed by atoms with Crippen molar-refractivity contribution in [3.63, 3.8) is 0 Å². The first kappa shape index (κ1) is 17.2. The molecule has 1 N–H and O–H groups in total. The standard InChI is InChI=1S/C19H21FN2O3/c1-2-22(11-14-7-8-17-18(9-14)25-13-24-17)12-19(23)21-10-15-5-3-4-6-16(15)20/h3-9H,2,10-13H2,1H3,(H,21,23). The Hall–Kier alpha value is -2.60. The number of halogens is 1. The zero-order valence-corrected chi connectivity index (χ0v) is 14.1. The Morgan fingerprint density at radius 3 is 2.80 bits per heavy atom. The number of fused-ring (bicyclic) bond motifs is 1. The van der Waals surface area contributed by atoms with E-state index in [-0.39, 0.29) is 31.6 Å². The molecule has 0 atom stereocenters. The Morgan fingerprint density at radius 2 is 2.00 bits per heavy atom. The number of nitrogens with zero attached hydrogens (tertiary/aromatic N) is 1. The van der Waals surface area contributed by atoms with Gasteiger partial charge in [-0.05, 0) is 30.3 Å². The highest BCUT2D eigenvalue weighted by molar-refractivity contribution is 5.78. The third-order valence-corrected chi connectivity index (χ3v) is 4.09. The molecule has 0 spiro atoms. The molecule has 25 heavy (non-hydrogen) atoms. The van der Waals surface area contributed by atoms with Crippen LogP contribution in [0.3, 0.4) is 0 Å². The molecule has 3 rings (SSSR count). The summed E-state index contributed by atoms with van der Waals surface area (Å²) in [5.41, 5.74) is 1.53. The van der Waals surface area contributed by atoms with Crippen molar-refractivity contribution in [1.29, 1.82) is 0 Å². The van der Waals surface area contributed by atoms with Gasteiger partial charge in [0.15, 0.2) is 11.5 Å². The van der Waals surface area contributed by atoms with E-state index in [1.54, 1.807) is 18.2 Å². The van der Waals surface area contributed by atoms with E-state index in [2.05, 4.69) is 5.32 Å². The Kier molecular flexibility index (Phi) is 5.50. The average Bonchev–Trinajstić information content (AvgIpc) is 3.08. The number of ether oxygens (including phenoxy) is 2. The van der Waals surface area contributed by atoms with Crippen molar-refractivity contribution in [3.05, 3.63) is 59.4 Å². The summed E-state index contributed by atoms with van der Waals surface area (Å²) in [6.07, 6.45) is 0. The topological polar surface area (TPSA) is 50.8 Å². The van der Waals surface area contributed by atoms with Gasteiger partial charge in [-0.15, -0.1) is 0 Å². The number of carbonyl (C=O) groups is 1. The summed E-state index contributed by atoms with van der Waals surface area (Å²) in [5.74, 6) is 1.04. The van der Waals surface area contributed by atoms with Gasteiger partial charge in [0, 0.05) is 18.7 Å². The number of hydrogen-bond acceptors (Lipinski definition) is 4. The molecule has 1 heterocycles. The van der Waals surface area contributed by atoms with Crippen molar-refractivity contribution in [2.75, 3.05) is 19.9 Å². The number of carbonyl (C=O) groups excluding carboxylic acids is 1. The van der Waals surface area contributed by atoms with Crippen LogP contribution in [0.25, 0.3) is 0 Å². The molecular formula is C19H21FN2O3. The minimum absolute atomic E-state index is 0.133. The van der Waals surface area contributed by atoms with Crippen LogP contribution < -0.4 is 14.8 Å². The van der Waals surface area contributed by atoms with Crippen molar-refractivity contribution >= 4 is 5.91 Å². The number of rotatable bonds is 7. The van der Waals surface area contributed by atoms with E-state index >= 15 is 0 Å². The van der Waals surface area contributed by atoms with E-state index in [4.69, 9.17) is 9.47 Å². The second kappa shape index (κ2) is 7.98. The summed E-state index contributed by atoms with van der Waals surface area (Å²) in [6, 6.07) is 12.2. The second-order valence-electron chi connectivity index (χ2n) is 5.86. The molecule has 0 unspecified atom stereocenters. The highest BCUT2D eigenvalue weighted by atomic mass is 19.1. The van der Waals surface area contributed by atoms with Gasteiger partial charge in [0.2, 0.25) is 12.7 Å². The summed E-state index contributed by atoms with van der Waals surface area (Å²) in [5, 5.41) is 2.77. The molecule has 6 heteroatoms. The zero-order valence-electron chi connectivity index (χ0n) is 14.1. The first-order valence-electron chi connectivity index (χ1n) is 8.26. The predicted octanol–water partition coefficient (Wildman–Crippen LogP) is 2.69. The van der Waals surface area contributed by atoms with Crippen LogP contribution in [0.5, 0.6) is 11.5 Å². The molecule has 132 valence electrons. The van der Waals surface area contributed by atoms with Crippen LogP contribution in [0, 0.1) is 5.82 Å². The lowest BCUT2D eigenvalue weighted by Gasteiger charge is -2.20. The van der Waals surface area contributed by atoms with Crippen LogP contribution in [0.1, 0.15) is 18.1 Å². The van der Waals surface area contributed by atoms with E-state index < -0.39 is 0 Å². The fourth-order valence-electron chi connectivity index (χ4n) is 2.67. The number of benzene rings is 2. The van der Waals surface area contributed by atoms with Crippen molar-refractivity contribution in [1.82, 2.24) is 10.2 Å². The largest absolute Gasteiger partial charge is 0.454 e. The quantitative estimate of drug-likeness (QED) is 0.839. The molecule has 2 aromatic rings. The molecule has 5 nitrogen and oxygen atoms in total. The van der Waals surface area contributed by atoms with Gasteiger partial charge in [-0.1, -0.05) is 31.2 Å². The van der Waals surface area contributed by atoms with Crippen LogP contribution >= 0.6 is 0 Å². The van der Waals surface area contributed by atoms with E-state index in [1.807, 2.05) is 30.0 Å². The minimum atomic E-state index is -0.310. The fourth-order valence-corrected chi connectivity index (χ4v) is 2.67. The summed E-state index contributed by atoms with van der Waals surface area (Å²) in [7, 11) is 0. The Bertz CT molecular complexity index is 751. The molecule has 1 aliphatic heterocycles. The summed E-state index contributed by atoms with van der Waals surface area (Å²) in [6.45, 7) is 4.03. The molecule has 2 aromatic carbocycles. The Balaban J connectivity index is 1.53. The van der Waals surface area contributed by atoms with Crippen molar-refractivity contribution < 1.29 is 18.7 Å². The molecule has 0 fully saturated rings. The van der Waals surface area contributed by atoms with E-state index in [9.17, 15) is 9.18 Å². The van der Waals surface area contributed by atoms with Crippen LogP contribution in [0.15, 0.2) is 42.5 Å². The maximum absolute atomic E-state index is 13.6. The van der Waals surface area contributed by atoms with Crippen molar-refractivity contribution in [3.8, 4) is 11.5 Å². The molecule has 0 aromatic heterocycles. The second-order valence-corrected chi connectivity index (χ2v) is 5.86. The number of likely N-dealkylation sites (N-methyl/N-ethyl adjacent to an activating group) is 1. The maximum atomic E-state index is 13.6. The predicted molar refractivity (Wildman–Crippen MR) is 91.8 cm³/mol. The molecular weight excluding hydrogens is 323 g/mol. The van der Waals surface area contributed by atoms with Crippen LogP contribution in [-0.4, -0.2) is 30.7 Å². The van der Waals surface area contributed by atoms with Gasteiger partial charge >= 0.3 is 0 Å². The van der Waals surface area contributed by atoms with Crippen molar-refractivity contribution in [2.24, 2.45) is 0 Å². The lowest BCUT2D eigenvalue weighted by atomic mass is 10.2. The van der Waals surface area contributed by atoms with Crippen LogP contribution in [0.2, 0.25) is 0 Å². The van der Waals surface area contributed by atoms with Gasteiger partial charge in [0.1, 0.15) is 5.82 Å². The molecule has 0 saturated carbocycles. The normalized spacial score (nSPS) is 12.4. The average molecular weight is 344 g/mol. The third kappa shape index (κ3) is 4.48.